The third-order valence-corrected chi connectivity index (χ3v) is 5.85. The molecule has 1 amide bonds. The summed E-state index contributed by atoms with van der Waals surface area (Å²) in [5, 5.41) is 5.90. The van der Waals surface area contributed by atoms with Gasteiger partial charge in [-0.05, 0) is 17.2 Å². The summed E-state index contributed by atoms with van der Waals surface area (Å²) < 4.78 is 5.42. The number of morpholine rings is 1. The van der Waals surface area contributed by atoms with Gasteiger partial charge in [0, 0.05) is 37.1 Å². The lowest BCUT2D eigenvalue weighted by Gasteiger charge is -2.26. The van der Waals surface area contributed by atoms with Gasteiger partial charge in [0.05, 0.1) is 25.3 Å². The first kappa shape index (κ1) is 19.8. The van der Waals surface area contributed by atoms with E-state index in [0.29, 0.717) is 13.0 Å². The summed E-state index contributed by atoms with van der Waals surface area (Å²) in [6, 6.07) is 18.5. The largest absolute Gasteiger partial charge is 0.379 e. The van der Waals surface area contributed by atoms with Gasteiger partial charge in [0.25, 0.3) is 0 Å². The Balaban J connectivity index is 1.34. The van der Waals surface area contributed by atoms with E-state index in [0.717, 1.165) is 54.7 Å². The highest BCUT2D eigenvalue weighted by molar-refractivity contribution is 7.13. The molecule has 4 rings (SSSR count). The smallest absolute Gasteiger partial charge is 0.226 e. The van der Waals surface area contributed by atoms with Gasteiger partial charge in [0.2, 0.25) is 5.91 Å². The SMILES string of the molecule is O=C(Cc1csc(-c2cccc(CN3CCOCC3)c2)n1)NCc1ccccc1. The molecule has 1 aromatic heterocycles. The number of carbonyl (C=O) groups excluding carboxylic acids is 1. The van der Waals surface area contributed by atoms with E-state index in [1.807, 2.05) is 35.7 Å². The zero-order valence-electron chi connectivity index (χ0n) is 16.3. The summed E-state index contributed by atoms with van der Waals surface area (Å²) in [6.45, 7) is 5.04. The number of thiazole rings is 1. The molecule has 6 heteroatoms. The van der Waals surface area contributed by atoms with Crippen molar-refractivity contribution in [1.82, 2.24) is 15.2 Å². The number of nitrogens with one attached hydrogen (secondary N) is 1. The Labute approximate surface area is 175 Å². The molecule has 2 aromatic carbocycles. The van der Waals surface area contributed by atoms with Crippen LogP contribution in [-0.4, -0.2) is 42.1 Å². The fraction of sp³-hybridized carbons (Fsp3) is 0.304. The van der Waals surface area contributed by atoms with E-state index in [1.165, 1.54) is 5.56 Å². The van der Waals surface area contributed by atoms with Gasteiger partial charge in [0.1, 0.15) is 5.01 Å². The molecule has 1 aliphatic rings. The van der Waals surface area contributed by atoms with E-state index in [1.54, 1.807) is 11.3 Å². The average molecular weight is 408 g/mol. The molecule has 0 spiro atoms. The lowest BCUT2D eigenvalue weighted by molar-refractivity contribution is -0.120. The molecular formula is C23H25N3O2S. The quantitative estimate of drug-likeness (QED) is 0.651. The van der Waals surface area contributed by atoms with Crippen molar-refractivity contribution in [3.63, 3.8) is 0 Å². The van der Waals surface area contributed by atoms with Gasteiger partial charge < -0.3 is 10.1 Å². The minimum absolute atomic E-state index is 0.00762. The molecule has 2 heterocycles. The maximum absolute atomic E-state index is 12.2. The second kappa shape index (κ2) is 9.78. The molecular weight excluding hydrogens is 382 g/mol. The van der Waals surface area contributed by atoms with Crippen LogP contribution in [0.1, 0.15) is 16.8 Å². The Morgan fingerprint density at radius 2 is 1.86 bits per heavy atom. The predicted octanol–water partition coefficient (Wildman–Crippen LogP) is 3.50. The van der Waals surface area contributed by atoms with Gasteiger partial charge in [-0.2, -0.15) is 0 Å². The summed E-state index contributed by atoms with van der Waals surface area (Å²) in [7, 11) is 0. The van der Waals surface area contributed by atoms with Crippen molar-refractivity contribution in [1.29, 1.82) is 0 Å². The van der Waals surface area contributed by atoms with E-state index in [-0.39, 0.29) is 5.91 Å². The molecule has 0 unspecified atom stereocenters. The minimum Gasteiger partial charge on any atom is -0.379 e. The predicted molar refractivity (Wildman–Crippen MR) is 116 cm³/mol. The molecule has 0 bridgehead atoms. The van der Waals surface area contributed by atoms with Gasteiger partial charge in [-0.3, -0.25) is 9.69 Å². The summed E-state index contributed by atoms with van der Waals surface area (Å²) in [5.74, 6) is -0.00762. The van der Waals surface area contributed by atoms with Crippen molar-refractivity contribution in [2.75, 3.05) is 26.3 Å². The Hall–Kier alpha value is -2.54. The molecule has 0 saturated carbocycles. The Morgan fingerprint density at radius 3 is 2.69 bits per heavy atom. The molecule has 0 aliphatic carbocycles. The minimum atomic E-state index is -0.00762. The molecule has 1 N–H and O–H groups in total. The van der Waals surface area contributed by atoms with Gasteiger partial charge in [0.15, 0.2) is 0 Å². The van der Waals surface area contributed by atoms with Crippen LogP contribution in [0.15, 0.2) is 60.0 Å². The molecule has 0 atom stereocenters. The summed E-state index contributed by atoms with van der Waals surface area (Å²) in [6.07, 6.45) is 0.302. The Morgan fingerprint density at radius 1 is 1.07 bits per heavy atom. The number of hydrogen-bond acceptors (Lipinski definition) is 5. The van der Waals surface area contributed by atoms with E-state index in [2.05, 4.69) is 39.5 Å². The molecule has 0 radical (unpaired) electrons. The number of ether oxygens (including phenoxy) is 1. The van der Waals surface area contributed by atoms with Crippen molar-refractivity contribution in [3.05, 3.63) is 76.8 Å². The highest BCUT2D eigenvalue weighted by Gasteiger charge is 2.13. The molecule has 150 valence electrons. The first-order chi connectivity index (χ1) is 14.3. The number of nitrogens with zero attached hydrogens (tertiary/aromatic N) is 2. The van der Waals surface area contributed by atoms with Gasteiger partial charge >= 0.3 is 0 Å². The van der Waals surface area contributed by atoms with Crippen LogP contribution in [-0.2, 0) is 29.0 Å². The second-order valence-electron chi connectivity index (χ2n) is 7.17. The maximum Gasteiger partial charge on any atom is 0.226 e. The molecule has 1 aliphatic heterocycles. The lowest BCUT2D eigenvalue weighted by Crippen LogP contribution is -2.35. The summed E-state index contributed by atoms with van der Waals surface area (Å²) in [5.41, 5.74) is 4.30. The normalized spacial score (nSPS) is 14.6. The number of aromatic nitrogens is 1. The van der Waals surface area contributed by atoms with E-state index < -0.39 is 0 Å². The van der Waals surface area contributed by atoms with Gasteiger partial charge in [-0.1, -0.05) is 48.5 Å². The zero-order chi connectivity index (χ0) is 19.9. The van der Waals surface area contributed by atoms with Crippen LogP contribution in [0.4, 0.5) is 0 Å². The number of rotatable bonds is 7. The number of amides is 1. The Kier molecular flexibility index (Phi) is 6.67. The van der Waals surface area contributed by atoms with Crippen molar-refractivity contribution in [2.24, 2.45) is 0 Å². The van der Waals surface area contributed by atoms with Crippen LogP contribution >= 0.6 is 11.3 Å². The van der Waals surface area contributed by atoms with E-state index in [4.69, 9.17) is 4.74 Å². The highest BCUT2D eigenvalue weighted by atomic mass is 32.1. The van der Waals surface area contributed by atoms with Crippen molar-refractivity contribution in [2.45, 2.75) is 19.5 Å². The van der Waals surface area contributed by atoms with Crippen molar-refractivity contribution < 1.29 is 9.53 Å². The zero-order valence-corrected chi connectivity index (χ0v) is 17.2. The van der Waals surface area contributed by atoms with Crippen molar-refractivity contribution >= 4 is 17.2 Å². The molecule has 1 fully saturated rings. The fourth-order valence-corrected chi connectivity index (χ4v) is 4.18. The van der Waals surface area contributed by atoms with Crippen LogP contribution in [0.2, 0.25) is 0 Å². The van der Waals surface area contributed by atoms with Gasteiger partial charge in [-0.15, -0.1) is 11.3 Å². The van der Waals surface area contributed by atoms with Crippen LogP contribution in [0.25, 0.3) is 10.6 Å². The number of hydrogen-bond donors (Lipinski definition) is 1. The average Bonchev–Trinajstić information content (AvgIpc) is 3.22. The lowest BCUT2D eigenvalue weighted by atomic mass is 10.1. The van der Waals surface area contributed by atoms with E-state index in [9.17, 15) is 4.79 Å². The third-order valence-electron chi connectivity index (χ3n) is 4.91. The summed E-state index contributed by atoms with van der Waals surface area (Å²) >= 11 is 1.59. The number of carbonyl (C=O) groups is 1. The molecule has 5 nitrogen and oxygen atoms in total. The first-order valence-electron chi connectivity index (χ1n) is 9.91. The third kappa shape index (κ3) is 5.73. The standard InChI is InChI=1S/C23H25N3O2S/c27-22(24-15-18-5-2-1-3-6-18)14-21-17-29-23(25-21)20-8-4-7-19(13-20)16-26-9-11-28-12-10-26/h1-8,13,17H,9-12,14-16H2,(H,24,27). The fourth-order valence-electron chi connectivity index (χ4n) is 3.36. The monoisotopic (exact) mass is 407 g/mol. The van der Waals surface area contributed by atoms with Crippen LogP contribution < -0.4 is 5.32 Å². The molecule has 1 saturated heterocycles. The van der Waals surface area contributed by atoms with Crippen LogP contribution in [0.3, 0.4) is 0 Å². The second-order valence-corrected chi connectivity index (χ2v) is 8.03. The van der Waals surface area contributed by atoms with Crippen LogP contribution in [0.5, 0.6) is 0 Å². The first-order valence-corrected chi connectivity index (χ1v) is 10.8. The van der Waals surface area contributed by atoms with Crippen molar-refractivity contribution in [3.8, 4) is 10.6 Å². The molecule has 3 aromatic rings. The topological polar surface area (TPSA) is 54.5 Å². The Bertz CT molecular complexity index is 936. The highest BCUT2D eigenvalue weighted by Crippen LogP contribution is 2.25. The summed E-state index contributed by atoms with van der Waals surface area (Å²) in [4.78, 5) is 19.3. The maximum atomic E-state index is 12.2. The van der Waals surface area contributed by atoms with Gasteiger partial charge in [-0.25, -0.2) is 4.98 Å². The molecule has 29 heavy (non-hydrogen) atoms. The van der Waals surface area contributed by atoms with Crippen LogP contribution in [0, 0.1) is 0 Å². The number of benzene rings is 2. The van der Waals surface area contributed by atoms with E-state index >= 15 is 0 Å².